The third kappa shape index (κ3) is 6.25. The number of rotatable bonds is 10. The largest absolute Gasteiger partial charge is 0.446 e. The highest BCUT2D eigenvalue weighted by Crippen LogP contribution is 2.52. The van der Waals surface area contributed by atoms with Crippen molar-refractivity contribution in [3.05, 3.63) is 65.5 Å². The number of piperidine rings is 1. The number of primary amides is 1. The van der Waals surface area contributed by atoms with Gasteiger partial charge in [0, 0.05) is 61.7 Å². The van der Waals surface area contributed by atoms with Crippen LogP contribution in [0.2, 0.25) is 0 Å². The highest BCUT2D eigenvalue weighted by atomic mass is 19.1. The Bertz CT molecular complexity index is 1270. The summed E-state index contributed by atoms with van der Waals surface area (Å²) in [6, 6.07) is 15.1. The Kier molecular flexibility index (Phi) is 8.91. The van der Waals surface area contributed by atoms with Crippen molar-refractivity contribution in [3.63, 3.8) is 0 Å². The number of benzene rings is 2. The highest BCUT2D eigenvalue weighted by Gasteiger charge is 2.53. The molecule has 0 aromatic heterocycles. The fourth-order valence-electron chi connectivity index (χ4n) is 8.44. The molecule has 1 unspecified atom stereocenters. The molecule has 3 heterocycles. The number of carbonyl (C=O) groups excluding carboxylic acids is 2. The van der Waals surface area contributed by atoms with Gasteiger partial charge < -0.3 is 30.5 Å². The summed E-state index contributed by atoms with van der Waals surface area (Å²) in [6.45, 7) is 8.18. The second-order valence-corrected chi connectivity index (χ2v) is 13.2. The molecule has 1 saturated carbocycles. The number of ether oxygens (including phenoxy) is 1. The monoisotopic (exact) mass is 591 g/mol. The molecule has 0 spiro atoms. The van der Waals surface area contributed by atoms with Crippen LogP contribution in [-0.4, -0.2) is 87.3 Å². The molecule has 2 aromatic carbocycles. The van der Waals surface area contributed by atoms with Crippen LogP contribution < -0.4 is 16.0 Å². The number of nitrogens with one attached hydrogen (secondary N) is 1. The van der Waals surface area contributed by atoms with Crippen LogP contribution in [0.3, 0.4) is 0 Å². The first-order chi connectivity index (χ1) is 20.9. The Hall–Kier alpha value is -3.17. The molecule has 8 nitrogen and oxygen atoms in total. The van der Waals surface area contributed by atoms with Crippen LogP contribution in [0.15, 0.2) is 48.5 Å². The summed E-state index contributed by atoms with van der Waals surface area (Å²) in [5.74, 6) is 0.837. The van der Waals surface area contributed by atoms with Gasteiger partial charge in [0.05, 0.1) is 0 Å². The number of nitrogens with two attached hydrogens (primary N) is 1. The summed E-state index contributed by atoms with van der Waals surface area (Å²) in [5, 5.41) is 2.67. The van der Waals surface area contributed by atoms with Crippen molar-refractivity contribution in [1.29, 1.82) is 0 Å². The summed E-state index contributed by atoms with van der Waals surface area (Å²) in [7, 11) is 1.65. The fourth-order valence-corrected chi connectivity index (χ4v) is 8.44. The van der Waals surface area contributed by atoms with Gasteiger partial charge in [-0.25, -0.2) is 9.18 Å². The second-order valence-electron chi connectivity index (χ2n) is 13.2. The number of anilines is 1. The van der Waals surface area contributed by atoms with E-state index in [1.165, 1.54) is 12.5 Å². The molecule has 4 aliphatic rings. The lowest BCUT2D eigenvalue weighted by atomic mass is 9.58. The number of amides is 2. The van der Waals surface area contributed by atoms with Crippen molar-refractivity contribution >= 4 is 17.7 Å². The van der Waals surface area contributed by atoms with Crippen LogP contribution >= 0.6 is 0 Å². The molecule has 3 N–H and O–H groups in total. The first kappa shape index (κ1) is 29.9. The quantitative estimate of drug-likeness (QED) is 0.430. The number of nitrogens with zero attached hydrogens (tertiary/aromatic N) is 3. The standard InChI is InChI=1S/C34H46FN5O3/c1-37-32(41)25-9-11-29(12-10-25)40-21-24(22-40)20-38-17-13-26(14-18-38)34(23-39-15-4-16-39,27-5-2-6-28(35)19-27)30-7-3-8-31(30)43-33(36)42/h2,5-6,9-12,19,24,26,30-31H,3-4,7-8,13-18,20-23H2,1H3,(H2,36,42)(H,37,41)/t30-,31-,34?/m0/s1. The minimum absolute atomic E-state index is 0.0634. The van der Waals surface area contributed by atoms with Crippen molar-refractivity contribution in [2.24, 2.45) is 23.5 Å². The van der Waals surface area contributed by atoms with Gasteiger partial charge in [0.25, 0.3) is 5.91 Å². The molecule has 2 amide bonds. The second kappa shape index (κ2) is 12.8. The smallest absolute Gasteiger partial charge is 0.404 e. The van der Waals surface area contributed by atoms with Gasteiger partial charge in [0.1, 0.15) is 11.9 Å². The summed E-state index contributed by atoms with van der Waals surface area (Å²) < 4.78 is 20.6. The van der Waals surface area contributed by atoms with E-state index in [0.29, 0.717) is 17.4 Å². The van der Waals surface area contributed by atoms with E-state index in [1.54, 1.807) is 13.1 Å². The third-order valence-corrected chi connectivity index (χ3v) is 10.7. The van der Waals surface area contributed by atoms with E-state index < -0.39 is 6.09 Å². The third-order valence-electron chi connectivity index (χ3n) is 10.7. The van der Waals surface area contributed by atoms with E-state index in [9.17, 15) is 14.0 Å². The number of hydrogen-bond acceptors (Lipinski definition) is 6. The zero-order valence-electron chi connectivity index (χ0n) is 25.3. The van der Waals surface area contributed by atoms with Gasteiger partial charge in [0.2, 0.25) is 0 Å². The summed E-state index contributed by atoms with van der Waals surface area (Å²) in [5.41, 5.74) is 8.16. The number of halogens is 1. The highest BCUT2D eigenvalue weighted by molar-refractivity contribution is 5.94. The average molecular weight is 592 g/mol. The predicted octanol–water partition coefficient (Wildman–Crippen LogP) is 4.24. The lowest BCUT2D eigenvalue weighted by molar-refractivity contribution is -0.0145. The lowest BCUT2D eigenvalue weighted by Crippen LogP contribution is -2.58. The molecule has 43 heavy (non-hydrogen) atoms. The van der Waals surface area contributed by atoms with Crippen molar-refractivity contribution < 1.29 is 18.7 Å². The van der Waals surface area contributed by atoms with Gasteiger partial charge in [-0.15, -0.1) is 0 Å². The molecule has 0 radical (unpaired) electrons. The first-order valence-corrected chi connectivity index (χ1v) is 16.1. The first-order valence-electron chi connectivity index (χ1n) is 16.1. The summed E-state index contributed by atoms with van der Waals surface area (Å²) in [4.78, 5) is 31.3. The molecular weight excluding hydrogens is 545 g/mol. The molecular formula is C34H46FN5O3. The molecule has 232 valence electrons. The minimum atomic E-state index is -0.708. The van der Waals surface area contributed by atoms with E-state index in [-0.39, 0.29) is 29.2 Å². The molecule has 2 aromatic rings. The van der Waals surface area contributed by atoms with Crippen LogP contribution in [-0.2, 0) is 10.2 Å². The van der Waals surface area contributed by atoms with Gasteiger partial charge in [-0.1, -0.05) is 12.1 Å². The van der Waals surface area contributed by atoms with Gasteiger partial charge in [-0.3, -0.25) is 4.79 Å². The van der Waals surface area contributed by atoms with Gasteiger partial charge in [0.15, 0.2) is 0 Å². The number of hydrogen-bond donors (Lipinski definition) is 2. The Balaban J connectivity index is 1.14. The van der Waals surface area contributed by atoms with Crippen LogP contribution in [0.25, 0.3) is 0 Å². The Morgan fingerprint density at radius 2 is 1.72 bits per heavy atom. The molecule has 0 bridgehead atoms. The SMILES string of the molecule is CNC(=O)c1ccc(N2CC(CN3CCC(C(CN4CCC4)(c4cccc(F)c4)[C@H]4CCC[C@@H]4OC(N)=O)CC3)C2)cc1. The number of likely N-dealkylation sites (tertiary alicyclic amines) is 2. The minimum Gasteiger partial charge on any atom is -0.446 e. The van der Waals surface area contributed by atoms with Crippen molar-refractivity contribution in [2.75, 3.05) is 64.3 Å². The van der Waals surface area contributed by atoms with E-state index in [0.717, 1.165) is 95.7 Å². The maximum atomic E-state index is 14.8. The van der Waals surface area contributed by atoms with Crippen molar-refractivity contribution in [3.8, 4) is 0 Å². The maximum absolute atomic E-state index is 14.8. The lowest BCUT2D eigenvalue weighted by Gasteiger charge is -2.53. The fraction of sp³-hybridized carbons (Fsp3) is 0.588. The normalized spacial score (nSPS) is 25.0. The van der Waals surface area contributed by atoms with Crippen LogP contribution in [0.5, 0.6) is 0 Å². The molecule has 6 rings (SSSR count). The Morgan fingerprint density at radius 3 is 2.35 bits per heavy atom. The van der Waals surface area contributed by atoms with Gasteiger partial charge >= 0.3 is 6.09 Å². The molecule has 3 atom stereocenters. The van der Waals surface area contributed by atoms with Gasteiger partial charge in [-0.05, 0) is 113 Å². The van der Waals surface area contributed by atoms with Crippen LogP contribution in [0, 0.1) is 23.6 Å². The topological polar surface area (TPSA) is 91.1 Å². The average Bonchev–Trinajstić information content (AvgIpc) is 3.42. The Labute approximate surface area is 254 Å². The van der Waals surface area contributed by atoms with Crippen molar-refractivity contribution in [2.45, 2.75) is 50.0 Å². The van der Waals surface area contributed by atoms with Gasteiger partial charge in [-0.2, -0.15) is 0 Å². The summed E-state index contributed by atoms with van der Waals surface area (Å²) >= 11 is 0. The molecule has 4 fully saturated rings. The maximum Gasteiger partial charge on any atom is 0.404 e. The number of carbonyl (C=O) groups is 2. The Morgan fingerprint density at radius 1 is 0.977 bits per heavy atom. The van der Waals surface area contributed by atoms with E-state index in [2.05, 4.69) is 26.1 Å². The molecule has 1 aliphatic carbocycles. The molecule has 3 saturated heterocycles. The van der Waals surface area contributed by atoms with Crippen LogP contribution in [0.4, 0.5) is 14.9 Å². The molecule has 9 heteroatoms. The molecule has 3 aliphatic heterocycles. The zero-order chi connectivity index (χ0) is 30.0. The van der Waals surface area contributed by atoms with E-state index in [4.69, 9.17) is 10.5 Å². The predicted molar refractivity (Wildman–Crippen MR) is 166 cm³/mol. The van der Waals surface area contributed by atoms with Crippen LogP contribution in [0.1, 0.15) is 54.4 Å². The summed E-state index contributed by atoms with van der Waals surface area (Å²) in [6.07, 6.45) is 5.11. The van der Waals surface area contributed by atoms with E-state index >= 15 is 0 Å². The van der Waals surface area contributed by atoms with Crippen molar-refractivity contribution in [1.82, 2.24) is 15.1 Å². The van der Waals surface area contributed by atoms with E-state index in [1.807, 2.05) is 30.3 Å². The zero-order valence-corrected chi connectivity index (χ0v) is 25.3.